The highest BCUT2D eigenvalue weighted by Gasteiger charge is 2.20. The van der Waals surface area contributed by atoms with E-state index in [1.165, 1.54) is 12.1 Å². The fraction of sp³-hybridized carbons (Fsp3) is 0.143. The van der Waals surface area contributed by atoms with Crippen LogP contribution in [0.3, 0.4) is 0 Å². The van der Waals surface area contributed by atoms with E-state index in [4.69, 9.17) is 9.47 Å². The average molecular weight is 703 g/mol. The minimum Gasteiger partial charge on any atom is -0.508 e. The number of benzene rings is 6. The van der Waals surface area contributed by atoms with Crippen LogP contribution in [-0.2, 0) is 38.5 Å². The first-order valence-electron chi connectivity index (χ1n) is 16.7. The molecular weight excluding hydrogens is 664 g/mol. The molecule has 266 valence electrons. The number of rotatable bonds is 13. The Labute approximate surface area is 299 Å². The van der Waals surface area contributed by atoms with E-state index in [-0.39, 0.29) is 63.2 Å². The van der Waals surface area contributed by atoms with Crippen LogP contribution in [0, 0.1) is 0 Å². The predicted molar refractivity (Wildman–Crippen MR) is 194 cm³/mol. The number of aromatic hydroxyl groups is 8. The summed E-state index contributed by atoms with van der Waals surface area (Å²) in [7, 11) is 0. The van der Waals surface area contributed by atoms with Gasteiger partial charge in [-0.2, -0.15) is 0 Å². The molecule has 0 aromatic heterocycles. The van der Waals surface area contributed by atoms with Crippen molar-refractivity contribution < 1.29 is 50.3 Å². The lowest BCUT2D eigenvalue weighted by Gasteiger charge is -2.17. The molecule has 6 aromatic rings. The van der Waals surface area contributed by atoms with E-state index in [1.54, 1.807) is 66.7 Å². The second-order valence-electron chi connectivity index (χ2n) is 12.6. The van der Waals surface area contributed by atoms with Gasteiger partial charge < -0.3 is 50.3 Å². The first-order valence-corrected chi connectivity index (χ1v) is 16.7. The molecule has 0 atom stereocenters. The SMILES string of the molecule is Oc1cccc(CCc2cc(Oc3cc(CCc4cccc(O)c4)c(O)cc3O)c(O)c(Oc3cc(CCc4cccc(O)c4)c(O)cc3O)c2)c1. The molecular formula is C42H38O10. The minimum absolute atomic E-state index is 0.0446. The minimum atomic E-state index is -0.441. The maximum atomic E-state index is 11.5. The van der Waals surface area contributed by atoms with Crippen LogP contribution in [0.15, 0.2) is 109 Å². The molecule has 0 saturated heterocycles. The molecule has 0 bridgehead atoms. The number of hydrogen-bond acceptors (Lipinski definition) is 10. The van der Waals surface area contributed by atoms with Crippen LogP contribution < -0.4 is 9.47 Å². The quantitative estimate of drug-likeness (QED) is 0.0584. The zero-order chi connectivity index (χ0) is 36.8. The van der Waals surface area contributed by atoms with Crippen LogP contribution in [0.25, 0.3) is 0 Å². The number of phenols is 8. The van der Waals surface area contributed by atoms with Crippen molar-refractivity contribution >= 4 is 0 Å². The van der Waals surface area contributed by atoms with Crippen LogP contribution in [-0.4, -0.2) is 40.9 Å². The van der Waals surface area contributed by atoms with Crippen molar-refractivity contribution in [2.45, 2.75) is 38.5 Å². The van der Waals surface area contributed by atoms with E-state index in [1.807, 2.05) is 18.2 Å². The number of ether oxygens (including phenoxy) is 2. The molecule has 10 nitrogen and oxygen atoms in total. The molecule has 0 unspecified atom stereocenters. The van der Waals surface area contributed by atoms with E-state index in [9.17, 15) is 40.9 Å². The van der Waals surface area contributed by atoms with Crippen molar-refractivity contribution in [3.63, 3.8) is 0 Å². The fourth-order valence-corrected chi connectivity index (χ4v) is 5.92. The van der Waals surface area contributed by atoms with E-state index >= 15 is 0 Å². The molecule has 0 heterocycles. The first-order chi connectivity index (χ1) is 25.0. The summed E-state index contributed by atoms with van der Waals surface area (Å²) in [5.41, 5.74) is 4.11. The molecule has 0 aliphatic rings. The Balaban J connectivity index is 1.31. The van der Waals surface area contributed by atoms with E-state index < -0.39 is 5.75 Å². The second-order valence-corrected chi connectivity index (χ2v) is 12.6. The Hall–Kier alpha value is -6.68. The standard InChI is InChI=1S/C42H38O10/c43-31-7-1-4-25(16-31)10-11-28-19-40(51-38-21-29(34(46)23-36(38)48)14-12-26-5-2-8-32(44)17-26)42(50)41(20-28)52-39-22-30(35(47)24-37(39)49)15-13-27-6-3-9-33(45)18-27/h1-9,16-24,43-50H,10-15H2. The molecule has 0 aliphatic heterocycles. The third-order valence-corrected chi connectivity index (χ3v) is 8.66. The van der Waals surface area contributed by atoms with Gasteiger partial charge in [0.2, 0.25) is 5.75 Å². The maximum absolute atomic E-state index is 11.5. The van der Waals surface area contributed by atoms with Gasteiger partial charge in [-0.3, -0.25) is 0 Å². The smallest absolute Gasteiger partial charge is 0.202 e. The highest BCUT2D eigenvalue weighted by Crippen LogP contribution is 2.47. The van der Waals surface area contributed by atoms with Crippen molar-refractivity contribution in [3.8, 4) is 69.0 Å². The molecule has 0 aliphatic carbocycles. The number of aryl methyl sites for hydroxylation is 6. The highest BCUT2D eigenvalue weighted by molar-refractivity contribution is 5.59. The molecule has 0 saturated carbocycles. The summed E-state index contributed by atoms with van der Waals surface area (Å²) in [6.45, 7) is 0. The first kappa shape index (κ1) is 35.2. The van der Waals surface area contributed by atoms with Gasteiger partial charge in [-0.15, -0.1) is 0 Å². The molecule has 0 amide bonds. The van der Waals surface area contributed by atoms with Crippen molar-refractivity contribution in [3.05, 3.63) is 143 Å². The molecule has 0 spiro atoms. The van der Waals surface area contributed by atoms with Crippen molar-refractivity contribution in [1.82, 2.24) is 0 Å². The van der Waals surface area contributed by atoms with Gasteiger partial charge in [-0.25, -0.2) is 0 Å². The Kier molecular flexibility index (Phi) is 10.5. The van der Waals surface area contributed by atoms with Crippen molar-refractivity contribution in [1.29, 1.82) is 0 Å². The van der Waals surface area contributed by atoms with Crippen molar-refractivity contribution in [2.75, 3.05) is 0 Å². The molecule has 52 heavy (non-hydrogen) atoms. The van der Waals surface area contributed by atoms with Gasteiger partial charge in [0.15, 0.2) is 34.5 Å². The molecule has 6 aromatic carbocycles. The van der Waals surface area contributed by atoms with Crippen LogP contribution in [0.4, 0.5) is 0 Å². The highest BCUT2D eigenvalue weighted by atomic mass is 16.5. The Morgan fingerprint density at radius 1 is 0.327 bits per heavy atom. The van der Waals surface area contributed by atoms with Gasteiger partial charge in [0.05, 0.1) is 0 Å². The van der Waals surface area contributed by atoms with Gasteiger partial charge >= 0.3 is 0 Å². The summed E-state index contributed by atoms with van der Waals surface area (Å²) >= 11 is 0. The summed E-state index contributed by atoms with van der Waals surface area (Å²) in [6, 6.07) is 28.8. The van der Waals surface area contributed by atoms with E-state index in [2.05, 4.69) is 0 Å². The lowest BCUT2D eigenvalue weighted by atomic mass is 10.0. The summed E-state index contributed by atoms with van der Waals surface area (Å²) in [5.74, 6) is -1.37. The zero-order valence-corrected chi connectivity index (χ0v) is 28.0. The van der Waals surface area contributed by atoms with Gasteiger partial charge in [0.25, 0.3) is 0 Å². The third kappa shape index (κ3) is 8.72. The molecule has 8 N–H and O–H groups in total. The molecule has 6 rings (SSSR count). The summed E-state index contributed by atoms with van der Waals surface area (Å²) < 4.78 is 12.1. The summed E-state index contributed by atoms with van der Waals surface area (Å²) in [6.07, 6.45) is 2.58. The molecule has 10 heteroatoms. The average Bonchev–Trinajstić information content (AvgIpc) is 3.10. The van der Waals surface area contributed by atoms with E-state index in [0.29, 0.717) is 55.2 Å². The van der Waals surface area contributed by atoms with Gasteiger partial charge in [-0.05, 0) is 133 Å². The second kappa shape index (κ2) is 15.5. The maximum Gasteiger partial charge on any atom is 0.202 e. The Morgan fingerprint density at radius 2 is 0.692 bits per heavy atom. The van der Waals surface area contributed by atoms with Gasteiger partial charge in [0, 0.05) is 12.1 Å². The molecule has 0 radical (unpaired) electrons. The lowest BCUT2D eigenvalue weighted by Crippen LogP contribution is -1.98. The summed E-state index contributed by atoms with van der Waals surface area (Å²) in [5, 5.41) is 83.8. The lowest BCUT2D eigenvalue weighted by molar-refractivity contribution is 0.355. The fourth-order valence-electron chi connectivity index (χ4n) is 5.92. The Morgan fingerprint density at radius 3 is 1.08 bits per heavy atom. The van der Waals surface area contributed by atoms with Gasteiger partial charge in [-0.1, -0.05) is 36.4 Å². The largest absolute Gasteiger partial charge is 0.508 e. The number of hydrogen-bond donors (Lipinski definition) is 8. The van der Waals surface area contributed by atoms with Crippen LogP contribution in [0.1, 0.15) is 33.4 Å². The van der Waals surface area contributed by atoms with Crippen LogP contribution in [0.5, 0.6) is 69.0 Å². The summed E-state index contributed by atoms with van der Waals surface area (Å²) in [4.78, 5) is 0. The monoisotopic (exact) mass is 702 g/mol. The van der Waals surface area contributed by atoms with E-state index in [0.717, 1.165) is 28.8 Å². The normalized spacial score (nSPS) is 11.0. The Bertz CT molecular complexity index is 2080. The van der Waals surface area contributed by atoms with Crippen LogP contribution in [0.2, 0.25) is 0 Å². The topological polar surface area (TPSA) is 180 Å². The van der Waals surface area contributed by atoms with Gasteiger partial charge in [0.1, 0.15) is 28.7 Å². The predicted octanol–water partition coefficient (Wildman–Crippen LogP) is 8.27. The third-order valence-electron chi connectivity index (χ3n) is 8.66. The molecule has 0 fully saturated rings. The van der Waals surface area contributed by atoms with Crippen molar-refractivity contribution in [2.24, 2.45) is 0 Å². The zero-order valence-electron chi connectivity index (χ0n) is 28.0. The number of phenolic OH excluding ortho intramolecular Hbond substituents is 8. The van der Waals surface area contributed by atoms with Crippen LogP contribution >= 0.6 is 0 Å².